The molecule has 20 heavy (non-hydrogen) atoms. The maximum absolute atomic E-state index is 5.42. The highest BCUT2D eigenvalue weighted by molar-refractivity contribution is 5.39. The number of anilines is 2. The molecule has 0 saturated heterocycles. The average Bonchev–Trinajstić information content (AvgIpc) is 2.90. The Morgan fingerprint density at radius 3 is 2.60 bits per heavy atom. The minimum Gasteiger partial charge on any atom is -0.343 e. The van der Waals surface area contributed by atoms with Gasteiger partial charge in [0.15, 0.2) is 0 Å². The third-order valence-electron chi connectivity index (χ3n) is 2.53. The first-order valence-corrected chi connectivity index (χ1v) is 6.31. The minimum absolute atomic E-state index is 0.132. The predicted molar refractivity (Wildman–Crippen MR) is 77.5 cm³/mol. The van der Waals surface area contributed by atoms with E-state index in [1.54, 1.807) is 23.3 Å². The molecule has 8 nitrogen and oxygen atoms in total. The number of nitrogen functional groups attached to an aromatic ring is 1. The third kappa shape index (κ3) is 3.41. The monoisotopic (exact) mass is 276 g/mol. The SMILES string of the molecule is CN(CC(C)(C)C)c1nc(NN)nc(-n2ccnc2)n1. The summed E-state index contributed by atoms with van der Waals surface area (Å²) in [4.78, 5) is 18.9. The van der Waals surface area contributed by atoms with Gasteiger partial charge in [-0.2, -0.15) is 15.0 Å². The van der Waals surface area contributed by atoms with Gasteiger partial charge in [-0.3, -0.25) is 9.99 Å². The number of nitrogens with two attached hydrogens (primary N) is 1. The van der Waals surface area contributed by atoms with Crippen molar-refractivity contribution in [1.82, 2.24) is 24.5 Å². The molecular weight excluding hydrogens is 256 g/mol. The van der Waals surface area contributed by atoms with E-state index in [1.165, 1.54) is 0 Å². The van der Waals surface area contributed by atoms with Crippen LogP contribution in [0.3, 0.4) is 0 Å². The Morgan fingerprint density at radius 1 is 1.30 bits per heavy atom. The van der Waals surface area contributed by atoms with Gasteiger partial charge < -0.3 is 4.90 Å². The van der Waals surface area contributed by atoms with Crippen molar-refractivity contribution >= 4 is 11.9 Å². The van der Waals surface area contributed by atoms with Gasteiger partial charge in [0.2, 0.25) is 17.8 Å². The predicted octanol–water partition coefficient (Wildman–Crippen LogP) is 0.825. The van der Waals surface area contributed by atoms with E-state index in [0.717, 1.165) is 6.54 Å². The van der Waals surface area contributed by atoms with E-state index in [4.69, 9.17) is 5.84 Å². The largest absolute Gasteiger partial charge is 0.343 e. The Hall–Kier alpha value is -2.22. The molecule has 2 aromatic rings. The summed E-state index contributed by atoms with van der Waals surface area (Å²) < 4.78 is 1.71. The Balaban J connectivity index is 2.36. The fourth-order valence-corrected chi connectivity index (χ4v) is 1.86. The van der Waals surface area contributed by atoms with Gasteiger partial charge in [0.05, 0.1) is 0 Å². The second-order valence-electron chi connectivity index (χ2n) is 5.79. The quantitative estimate of drug-likeness (QED) is 0.630. The van der Waals surface area contributed by atoms with Crippen LogP contribution in [0.1, 0.15) is 20.8 Å². The van der Waals surface area contributed by atoms with Crippen molar-refractivity contribution < 1.29 is 0 Å². The Morgan fingerprint density at radius 2 is 2.05 bits per heavy atom. The molecule has 0 radical (unpaired) electrons. The molecule has 0 bridgehead atoms. The summed E-state index contributed by atoms with van der Waals surface area (Å²) >= 11 is 0. The van der Waals surface area contributed by atoms with Crippen molar-refractivity contribution in [3.63, 3.8) is 0 Å². The number of hydrazine groups is 1. The number of hydrogen-bond acceptors (Lipinski definition) is 7. The molecule has 2 rings (SSSR count). The zero-order valence-electron chi connectivity index (χ0n) is 12.2. The van der Waals surface area contributed by atoms with Gasteiger partial charge in [0.25, 0.3) is 0 Å². The lowest BCUT2D eigenvalue weighted by Gasteiger charge is -2.26. The Bertz CT molecular complexity index is 557. The van der Waals surface area contributed by atoms with Crippen molar-refractivity contribution in [3.05, 3.63) is 18.7 Å². The first-order valence-electron chi connectivity index (χ1n) is 6.31. The summed E-state index contributed by atoms with van der Waals surface area (Å²) in [6, 6.07) is 0. The highest BCUT2D eigenvalue weighted by Crippen LogP contribution is 2.18. The van der Waals surface area contributed by atoms with Crippen LogP contribution in [0.4, 0.5) is 11.9 Å². The molecule has 0 aromatic carbocycles. The van der Waals surface area contributed by atoms with E-state index in [-0.39, 0.29) is 5.41 Å². The van der Waals surface area contributed by atoms with Gasteiger partial charge in [0, 0.05) is 26.0 Å². The molecule has 0 amide bonds. The fraction of sp³-hybridized carbons (Fsp3) is 0.500. The number of hydrogen-bond donors (Lipinski definition) is 2. The standard InChI is InChI=1S/C12H20N8/c1-12(2,3)7-19(4)10-15-9(18-13)16-11(17-10)20-6-5-14-8-20/h5-6,8H,7,13H2,1-4H3,(H,15,16,17,18). The summed E-state index contributed by atoms with van der Waals surface area (Å²) in [5.41, 5.74) is 2.60. The van der Waals surface area contributed by atoms with Crippen LogP contribution in [0, 0.1) is 5.41 Å². The van der Waals surface area contributed by atoms with Crippen molar-refractivity contribution in [3.8, 4) is 5.95 Å². The molecule has 108 valence electrons. The summed E-state index contributed by atoms with van der Waals surface area (Å²) in [7, 11) is 1.94. The first-order chi connectivity index (χ1) is 9.39. The summed E-state index contributed by atoms with van der Waals surface area (Å²) in [6.45, 7) is 7.28. The fourth-order valence-electron chi connectivity index (χ4n) is 1.86. The van der Waals surface area contributed by atoms with Crippen LogP contribution < -0.4 is 16.2 Å². The molecule has 0 fully saturated rings. The second kappa shape index (κ2) is 5.41. The number of rotatable bonds is 4. The number of nitrogens with one attached hydrogen (secondary N) is 1. The van der Waals surface area contributed by atoms with Gasteiger partial charge >= 0.3 is 0 Å². The zero-order valence-corrected chi connectivity index (χ0v) is 12.2. The maximum Gasteiger partial charge on any atom is 0.243 e. The molecule has 0 aliphatic heterocycles. The van der Waals surface area contributed by atoms with Gasteiger partial charge in [-0.05, 0) is 5.41 Å². The molecule has 0 aliphatic carbocycles. The van der Waals surface area contributed by atoms with E-state index in [2.05, 4.69) is 46.1 Å². The van der Waals surface area contributed by atoms with Crippen molar-refractivity contribution in [1.29, 1.82) is 0 Å². The van der Waals surface area contributed by atoms with Crippen LogP contribution in [0.25, 0.3) is 5.95 Å². The number of nitrogens with zero attached hydrogens (tertiary/aromatic N) is 6. The second-order valence-corrected chi connectivity index (χ2v) is 5.79. The molecule has 0 saturated carbocycles. The molecule has 3 N–H and O–H groups in total. The molecule has 0 atom stereocenters. The van der Waals surface area contributed by atoms with Gasteiger partial charge in [0.1, 0.15) is 6.33 Å². The van der Waals surface area contributed by atoms with Gasteiger partial charge in [-0.15, -0.1) is 0 Å². The molecular formula is C12H20N8. The normalized spacial score (nSPS) is 11.4. The minimum atomic E-state index is 0.132. The smallest absolute Gasteiger partial charge is 0.243 e. The number of aromatic nitrogens is 5. The van der Waals surface area contributed by atoms with E-state index in [0.29, 0.717) is 17.8 Å². The Labute approximate surface area is 118 Å². The van der Waals surface area contributed by atoms with Crippen molar-refractivity contribution in [2.45, 2.75) is 20.8 Å². The topological polar surface area (TPSA) is 97.8 Å². The third-order valence-corrected chi connectivity index (χ3v) is 2.53. The highest BCUT2D eigenvalue weighted by atomic mass is 15.4. The van der Waals surface area contributed by atoms with Crippen LogP contribution in [0.15, 0.2) is 18.7 Å². The molecule has 2 heterocycles. The van der Waals surface area contributed by atoms with E-state index >= 15 is 0 Å². The summed E-state index contributed by atoms with van der Waals surface area (Å²) in [6.07, 6.45) is 5.06. The van der Waals surface area contributed by atoms with Gasteiger partial charge in [-0.1, -0.05) is 20.8 Å². The van der Waals surface area contributed by atoms with Crippen LogP contribution in [0.2, 0.25) is 0 Å². The molecule has 8 heteroatoms. The lowest BCUT2D eigenvalue weighted by atomic mass is 9.96. The van der Waals surface area contributed by atoms with Crippen molar-refractivity contribution in [2.24, 2.45) is 11.3 Å². The average molecular weight is 276 g/mol. The van der Waals surface area contributed by atoms with E-state index in [1.807, 2.05) is 11.9 Å². The van der Waals surface area contributed by atoms with Crippen LogP contribution in [-0.2, 0) is 0 Å². The molecule has 0 unspecified atom stereocenters. The van der Waals surface area contributed by atoms with E-state index in [9.17, 15) is 0 Å². The number of imidazole rings is 1. The highest BCUT2D eigenvalue weighted by Gasteiger charge is 2.17. The van der Waals surface area contributed by atoms with Crippen molar-refractivity contribution in [2.75, 3.05) is 23.9 Å². The van der Waals surface area contributed by atoms with Crippen LogP contribution in [-0.4, -0.2) is 38.1 Å². The van der Waals surface area contributed by atoms with Crippen LogP contribution in [0.5, 0.6) is 0 Å². The summed E-state index contributed by atoms with van der Waals surface area (Å²) in [5, 5.41) is 0. The van der Waals surface area contributed by atoms with E-state index < -0.39 is 0 Å². The molecule has 0 spiro atoms. The molecule has 0 aliphatic rings. The Kier molecular flexibility index (Phi) is 3.84. The lowest BCUT2D eigenvalue weighted by molar-refractivity contribution is 0.416. The lowest BCUT2D eigenvalue weighted by Crippen LogP contribution is -2.31. The van der Waals surface area contributed by atoms with Gasteiger partial charge in [-0.25, -0.2) is 10.8 Å². The maximum atomic E-state index is 5.42. The summed E-state index contributed by atoms with van der Waals surface area (Å²) in [5.74, 6) is 6.78. The molecule has 2 aromatic heterocycles. The zero-order chi connectivity index (χ0) is 14.8. The van der Waals surface area contributed by atoms with Crippen LogP contribution >= 0.6 is 0 Å². The first kappa shape index (κ1) is 14.2.